The van der Waals surface area contributed by atoms with Gasteiger partial charge in [-0.05, 0) is 24.9 Å². The van der Waals surface area contributed by atoms with Crippen molar-refractivity contribution in [3.05, 3.63) is 0 Å². The summed E-state index contributed by atoms with van der Waals surface area (Å²) in [5.41, 5.74) is 5.37. The summed E-state index contributed by atoms with van der Waals surface area (Å²) in [5.74, 6) is -3.53. The molecule has 2 amide bonds. The Hall–Kier alpha value is -1.85. The predicted molar refractivity (Wildman–Crippen MR) is 86.4 cm³/mol. The van der Waals surface area contributed by atoms with E-state index in [-0.39, 0.29) is 12.8 Å². The molecule has 0 aromatic carbocycles. The van der Waals surface area contributed by atoms with Crippen molar-refractivity contribution in [3.63, 3.8) is 0 Å². The molecule has 138 valence electrons. The quantitative estimate of drug-likeness (QED) is 0.227. The molecule has 0 fully saturated rings. The van der Waals surface area contributed by atoms with Gasteiger partial charge in [0.1, 0.15) is 18.1 Å². The summed E-state index contributed by atoms with van der Waals surface area (Å²) in [6, 6.07) is -3.61. The SMILES string of the molecule is CSCC[C@H](NC(=O)[C@@H](N)CO)C(=O)N[C@@H](CCC(=O)O)C(=O)O. The van der Waals surface area contributed by atoms with Gasteiger partial charge in [0.15, 0.2) is 0 Å². The first kappa shape index (κ1) is 22.1. The second-order valence-electron chi connectivity index (χ2n) is 4.96. The fourth-order valence-corrected chi connectivity index (χ4v) is 2.14. The molecule has 0 saturated carbocycles. The molecule has 0 aromatic rings. The van der Waals surface area contributed by atoms with E-state index in [4.69, 9.17) is 21.1 Å². The van der Waals surface area contributed by atoms with Crippen molar-refractivity contribution < 1.29 is 34.5 Å². The number of aliphatic hydroxyl groups is 1. The Morgan fingerprint density at radius 2 is 1.62 bits per heavy atom. The van der Waals surface area contributed by atoms with E-state index in [1.807, 2.05) is 0 Å². The number of amides is 2. The fourth-order valence-electron chi connectivity index (χ4n) is 1.66. The molecule has 24 heavy (non-hydrogen) atoms. The van der Waals surface area contributed by atoms with Crippen LogP contribution < -0.4 is 16.4 Å². The summed E-state index contributed by atoms with van der Waals surface area (Å²) in [6.45, 7) is -0.598. The number of nitrogens with one attached hydrogen (secondary N) is 2. The van der Waals surface area contributed by atoms with Crippen LogP contribution in [0.5, 0.6) is 0 Å². The number of carboxylic acids is 2. The summed E-state index contributed by atoms with van der Waals surface area (Å²) >= 11 is 1.42. The maximum Gasteiger partial charge on any atom is 0.326 e. The average Bonchev–Trinajstić information content (AvgIpc) is 2.53. The lowest BCUT2D eigenvalue weighted by molar-refractivity contribution is -0.143. The summed E-state index contributed by atoms with van der Waals surface area (Å²) in [4.78, 5) is 45.6. The number of rotatable bonds is 12. The van der Waals surface area contributed by atoms with Crippen LogP contribution in [0.15, 0.2) is 0 Å². The number of carbonyl (C=O) groups is 4. The molecule has 0 radical (unpaired) electrons. The molecule has 0 heterocycles. The zero-order valence-corrected chi connectivity index (χ0v) is 14.0. The van der Waals surface area contributed by atoms with Gasteiger partial charge in [-0.15, -0.1) is 0 Å². The van der Waals surface area contributed by atoms with Crippen molar-refractivity contribution >= 4 is 35.5 Å². The second-order valence-corrected chi connectivity index (χ2v) is 5.95. The van der Waals surface area contributed by atoms with Gasteiger partial charge < -0.3 is 31.7 Å². The first-order chi connectivity index (χ1) is 11.2. The molecule has 0 aromatic heterocycles. The van der Waals surface area contributed by atoms with Crippen LogP contribution in [0, 0.1) is 0 Å². The highest BCUT2D eigenvalue weighted by molar-refractivity contribution is 7.98. The second kappa shape index (κ2) is 11.6. The summed E-state index contributed by atoms with van der Waals surface area (Å²) < 4.78 is 0. The predicted octanol–water partition coefficient (Wildman–Crippen LogP) is -2.02. The molecule has 0 rings (SSSR count). The van der Waals surface area contributed by atoms with Crippen LogP contribution in [-0.2, 0) is 19.2 Å². The molecular formula is C13H23N3O7S. The van der Waals surface area contributed by atoms with Crippen LogP contribution in [0.25, 0.3) is 0 Å². The van der Waals surface area contributed by atoms with Crippen LogP contribution in [0.1, 0.15) is 19.3 Å². The Labute approximate surface area is 143 Å². The van der Waals surface area contributed by atoms with Crippen LogP contribution in [-0.4, -0.2) is 75.8 Å². The Morgan fingerprint density at radius 1 is 1.04 bits per heavy atom. The Kier molecular flexibility index (Phi) is 10.8. The van der Waals surface area contributed by atoms with Gasteiger partial charge in [0.05, 0.1) is 6.61 Å². The number of aliphatic hydroxyl groups excluding tert-OH is 1. The molecule has 7 N–H and O–H groups in total. The average molecular weight is 365 g/mol. The molecule has 0 bridgehead atoms. The Bertz CT molecular complexity index is 461. The number of hydrogen-bond acceptors (Lipinski definition) is 7. The number of nitrogens with two attached hydrogens (primary N) is 1. The molecule has 10 nitrogen and oxygen atoms in total. The van der Waals surface area contributed by atoms with E-state index in [1.165, 1.54) is 11.8 Å². The molecule has 0 aliphatic rings. The monoisotopic (exact) mass is 365 g/mol. The standard InChI is InChI=1S/C13H23N3O7S/c1-24-5-4-8(15-11(20)7(14)6-17)12(21)16-9(13(22)23)2-3-10(18)19/h7-9,17H,2-6,14H2,1H3,(H,15,20)(H,16,21)(H,18,19)(H,22,23)/t7-,8-,9-/m0/s1. The summed E-state index contributed by atoms with van der Waals surface area (Å²) in [6.07, 6.45) is 1.32. The third kappa shape index (κ3) is 8.70. The van der Waals surface area contributed by atoms with Crippen LogP contribution >= 0.6 is 11.8 Å². The molecule has 3 atom stereocenters. The normalized spacial score (nSPS) is 14.3. The van der Waals surface area contributed by atoms with E-state index >= 15 is 0 Å². The lowest BCUT2D eigenvalue weighted by atomic mass is 10.1. The lowest BCUT2D eigenvalue weighted by Gasteiger charge is -2.22. The third-order valence-electron chi connectivity index (χ3n) is 3.04. The molecule has 0 spiro atoms. The van der Waals surface area contributed by atoms with Crippen molar-refractivity contribution in [1.82, 2.24) is 10.6 Å². The maximum absolute atomic E-state index is 12.2. The number of thioether (sulfide) groups is 1. The first-order valence-corrected chi connectivity index (χ1v) is 8.53. The summed E-state index contributed by atoms with van der Waals surface area (Å²) in [7, 11) is 0. The van der Waals surface area contributed by atoms with Crippen molar-refractivity contribution in [3.8, 4) is 0 Å². The molecule has 11 heteroatoms. The first-order valence-electron chi connectivity index (χ1n) is 7.13. The minimum Gasteiger partial charge on any atom is -0.481 e. The molecular weight excluding hydrogens is 342 g/mol. The zero-order valence-electron chi connectivity index (χ0n) is 13.2. The minimum atomic E-state index is -1.38. The highest BCUT2D eigenvalue weighted by Crippen LogP contribution is 2.04. The Balaban J connectivity index is 4.90. The van der Waals surface area contributed by atoms with Gasteiger partial charge in [0.2, 0.25) is 11.8 Å². The largest absolute Gasteiger partial charge is 0.481 e. The van der Waals surface area contributed by atoms with E-state index in [0.717, 1.165) is 0 Å². The smallest absolute Gasteiger partial charge is 0.326 e. The van der Waals surface area contributed by atoms with Crippen LogP contribution in [0.4, 0.5) is 0 Å². The maximum atomic E-state index is 12.2. The van der Waals surface area contributed by atoms with Crippen LogP contribution in [0.3, 0.4) is 0 Å². The van der Waals surface area contributed by atoms with Crippen LogP contribution in [0.2, 0.25) is 0 Å². The van der Waals surface area contributed by atoms with E-state index < -0.39 is 54.9 Å². The van der Waals surface area contributed by atoms with Gasteiger partial charge in [-0.3, -0.25) is 14.4 Å². The van der Waals surface area contributed by atoms with Crippen molar-refractivity contribution in [2.75, 3.05) is 18.6 Å². The molecule has 0 aliphatic carbocycles. The Morgan fingerprint density at radius 3 is 2.08 bits per heavy atom. The third-order valence-corrected chi connectivity index (χ3v) is 3.68. The van der Waals surface area contributed by atoms with Gasteiger partial charge >= 0.3 is 11.9 Å². The van der Waals surface area contributed by atoms with Gasteiger partial charge in [-0.25, -0.2) is 4.79 Å². The van der Waals surface area contributed by atoms with E-state index in [0.29, 0.717) is 5.75 Å². The minimum absolute atomic E-state index is 0.224. The number of hydrogen-bond donors (Lipinski definition) is 6. The van der Waals surface area contributed by atoms with Gasteiger partial charge in [0, 0.05) is 6.42 Å². The van der Waals surface area contributed by atoms with Gasteiger partial charge in [-0.1, -0.05) is 0 Å². The fraction of sp³-hybridized carbons (Fsp3) is 0.692. The molecule has 0 aliphatic heterocycles. The summed E-state index contributed by atoms with van der Waals surface area (Å²) in [5, 5.41) is 31.1. The van der Waals surface area contributed by atoms with Gasteiger partial charge in [0.25, 0.3) is 0 Å². The topological polar surface area (TPSA) is 179 Å². The van der Waals surface area contributed by atoms with E-state index in [2.05, 4.69) is 10.6 Å². The highest BCUT2D eigenvalue weighted by Gasteiger charge is 2.27. The van der Waals surface area contributed by atoms with Crippen molar-refractivity contribution in [2.45, 2.75) is 37.4 Å². The highest BCUT2D eigenvalue weighted by atomic mass is 32.2. The van der Waals surface area contributed by atoms with Crippen molar-refractivity contribution in [2.24, 2.45) is 5.73 Å². The van der Waals surface area contributed by atoms with E-state index in [9.17, 15) is 19.2 Å². The number of aliphatic carboxylic acids is 2. The number of carboxylic acid groups (broad SMARTS) is 2. The number of carbonyl (C=O) groups excluding carboxylic acids is 2. The lowest BCUT2D eigenvalue weighted by Crippen LogP contribution is -2.55. The van der Waals surface area contributed by atoms with E-state index in [1.54, 1.807) is 6.26 Å². The van der Waals surface area contributed by atoms with Gasteiger partial charge in [-0.2, -0.15) is 11.8 Å². The molecule has 0 saturated heterocycles. The zero-order chi connectivity index (χ0) is 18.7. The van der Waals surface area contributed by atoms with Crippen molar-refractivity contribution in [1.29, 1.82) is 0 Å². The molecule has 0 unspecified atom stereocenters.